The Morgan fingerprint density at radius 2 is 2.06 bits per heavy atom. The molecule has 0 N–H and O–H groups in total. The van der Waals surface area contributed by atoms with Gasteiger partial charge < -0.3 is 10.1 Å². The van der Waals surface area contributed by atoms with Gasteiger partial charge in [-0.1, -0.05) is 22.0 Å². The second-order valence-corrected chi connectivity index (χ2v) is 6.26. The smallest absolute Gasteiger partial charge is 0.723 e. The van der Waals surface area contributed by atoms with E-state index in [0.717, 1.165) is 5.56 Å². The fraction of sp³-hybridized carbons (Fsp3) is 0.400. The molecule has 0 aliphatic rings. The zero-order valence-electron chi connectivity index (χ0n) is 9.77. The third kappa shape index (κ3) is 4.98. The number of hydrogen-bond donors (Lipinski definition) is 0. The number of benzene rings is 1. The maximum absolute atomic E-state index is 11.7. The second kappa shape index (κ2) is 7.89. The first-order valence-corrected chi connectivity index (χ1v) is 7.41. The predicted molar refractivity (Wildman–Crippen MR) is 61.8 cm³/mol. The molecule has 0 bridgehead atoms. The molecule has 0 fully saturated rings. The molecule has 0 saturated heterocycles. The molecular weight excluding hydrogens is 319 g/mol. The molecule has 0 aliphatic carbocycles. The number of hydrogen-bond acceptors (Lipinski definition) is 4. The van der Waals surface area contributed by atoms with Gasteiger partial charge in [0.05, 0.1) is 17.3 Å². The topological polar surface area (TPSA) is 66.4 Å². The van der Waals surface area contributed by atoms with Crippen LogP contribution in [-0.4, -0.2) is 19.5 Å². The summed E-state index contributed by atoms with van der Waals surface area (Å²) < 4.78 is 23.5. The summed E-state index contributed by atoms with van der Waals surface area (Å²) in [5, 5.41) is 10.4. The summed E-state index contributed by atoms with van der Waals surface area (Å²) in [7, 11) is -3.23. The van der Waals surface area contributed by atoms with Gasteiger partial charge in [0.15, 0.2) is 9.84 Å². The molecule has 0 atom stereocenters. The van der Waals surface area contributed by atoms with Crippen molar-refractivity contribution in [2.45, 2.75) is 18.4 Å². The van der Waals surface area contributed by atoms with Gasteiger partial charge in [-0.15, -0.1) is 0 Å². The van der Waals surface area contributed by atoms with Crippen LogP contribution in [0.3, 0.4) is 0 Å². The van der Waals surface area contributed by atoms with E-state index < -0.39 is 9.84 Å². The van der Waals surface area contributed by atoms with E-state index >= 15 is 0 Å². The standard InChI is InChI=1S/C10H13BrO4S.Na/c1-8-6-10(16(13,14)5-4-11)3-2-9(8)7-15-12;/h2-3,6,12H,4-5,7H2,1H3;/q;+1/p-1. The van der Waals surface area contributed by atoms with Gasteiger partial charge in [0.25, 0.3) is 0 Å². The van der Waals surface area contributed by atoms with Gasteiger partial charge in [0, 0.05) is 5.33 Å². The van der Waals surface area contributed by atoms with Crippen LogP contribution in [0.15, 0.2) is 23.1 Å². The van der Waals surface area contributed by atoms with E-state index in [-0.39, 0.29) is 46.8 Å². The number of rotatable bonds is 5. The molecule has 90 valence electrons. The van der Waals surface area contributed by atoms with Gasteiger partial charge in [-0.2, -0.15) is 0 Å². The molecule has 0 aliphatic heterocycles. The molecule has 0 unspecified atom stereocenters. The average molecular weight is 331 g/mol. The zero-order chi connectivity index (χ0) is 12.2. The second-order valence-electron chi connectivity index (χ2n) is 3.36. The van der Waals surface area contributed by atoms with Crippen LogP contribution >= 0.6 is 15.9 Å². The molecule has 17 heavy (non-hydrogen) atoms. The van der Waals surface area contributed by atoms with Gasteiger partial charge in [0.2, 0.25) is 0 Å². The van der Waals surface area contributed by atoms with Gasteiger partial charge >= 0.3 is 29.6 Å². The number of halogens is 1. The number of aryl methyl sites for hydroxylation is 1. The van der Waals surface area contributed by atoms with Crippen LogP contribution in [0.25, 0.3) is 0 Å². The Morgan fingerprint density at radius 3 is 2.53 bits per heavy atom. The Bertz CT molecular complexity index is 461. The van der Waals surface area contributed by atoms with E-state index in [1.165, 1.54) is 6.07 Å². The summed E-state index contributed by atoms with van der Waals surface area (Å²) in [5.74, 6) is 0.0594. The van der Waals surface area contributed by atoms with Gasteiger partial charge in [-0.25, -0.2) is 8.42 Å². The van der Waals surface area contributed by atoms with E-state index in [1.807, 2.05) is 0 Å². The molecular formula is C10H12BrNaO4S. The molecule has 1 aromatic rings. The van der Waals surface area contributed by atoms with E-state index in [2.05, 4.69) is 20.8 Å². The number of alkyl halides is 1. The minimum absolute atomic E-state index is 0. The summed E-state index contributed by atoms with van der Waals surface area (Å²) >= 11 is 3.10. The zero-order valence-corrected chi connectivity index (χ0v) is 14.2. The summed E-state index contributed by atoms with van der Waals surface area (Å²) in [4.78, 5) is 4.05. The summed E-state index contributed by atoms with van der Waals surface area (Å²) in [6, 6.07) is 4.67. The summed E-state index contributed by atoms with van der Waals surface area (Å²) in [5.41, 5.74) is 1.44. The molecule has 0 heterocycles. The summed E-state index contributed by atoms with van der Waals surface area (Å²) in [6.07, 6.45) is 0. The Kier molecular flexibility index (Phi) is 8.15. The monoisotopic (exact) mass is 330 g/mol. The number of sulfone groups is 1. The van der Waals surface area contributed by atoms with E-state index in [4.69, 9.17) is 0 Å². The fourth-order valence-corrected chi connectivity index (χ4v) is 3.66. The van der Waals surface area contributed by atoms with Crippen LogP contribution < -0.4 is 34.8 Å². The first-order valence-electron chi connectivity index (χ1n) is 4.64. The Labute approximate surface area is 132 Å². The Morgan fingerprint density at radius 1 is 1.41 bits per heavy atom. The SMILES string of the molecule is Cc1cc(S(=O)(=O)CCBr)ccc1CO[O-].[Na+]. The molecule has 1 aromatic carbocycles. The first-order chi connectivity index (χ1) is 7.51. The van der Waals surface area contributed by atoms with Crippen molar-refractivity contribution >= 4 is 25.8 Å². The van der Waals surface area contributed by atoms with Gasteiger partial charge in [-0.05, 0) is 30.2 Å². The Balaban J connectivity index is 0.00000256. The third-order valence-electron chi connectivity index (χ3n) is 2.23. The van der Waals surface area contributed by atoms with Crippen LogP contribution in [0.5, 0.6) is 0 Å². The molecule has 0 spiro atoms. The summed E-state index contributed by atoms with van der Waals surface area (Å²) in [6.45, 7) is 1.70. The van der Waals surface area contributed by atoms with E-state index in [1.54, 1.807) is 19.1 Å². The average Bonchev–Trinajstić information content (AvgIpc) is 2.21. The molecule has 0 radical (unpaired) electrons. The largest absolute Gasteiger partial charge is 1.00 e. The van der Waals surface area contributed by atoms with Gasteiger partial charge in [-0.3, -0.25) is 0 Å². The molecule has 0 saturated carbocycles. The van der Waals surface area contributed by atoms with Crippen molar-refractivity contribution in [3.63, 3.8) is 0 Å². The van der Waals surface area contributed by atoms with Crippen LogP contribution in [0.2, 0.25) is 0 Å². The van der Waals surface area contributed by atoms with E-state index in [9.17, 15) is 13.7 Å². The van der Waals surface area contributed by atoms with Crippen LogP contribution in [0.4, 0.5) is 0 Å². The van der Waals surface area contributed by atoms with Crippen LogP contribution in [-0.2, 0) is 21.3 Å². The minimum atomic E-state index is -3.23. The van der Waals surface area contributed by atoms with Gasteiger partial charge in [0.1, 0.15) is 0 Å². The van der Waals surface area contributed by atoms with Crippen LogP contribution in [0.1, 0.15) is 11.1 Å². The Hall–Kier alpha value is 0.570. The third-order valence-corrected chi connectivity index (χ3v) is 4.87. The molecule has 4 nitrogen and oxygen atoms in total. The molecule has 1 rings (SSSR count). The first kappa shape index (κ1) is 17.6. The van der Waals surface area contributed by atoms with Crippen molar-refractivity contribution in [3.8, 4) is 0 Å². The molecule has 0 aromatic heterocycles. The molecule has 0 amide bonds. The quantitative estimate of drug-likeness (QED) is 0.270. The van der Waals surface area contributed by atoms with Crippen molar-refractivity contribution in [2.75, 3.05) is 11.1 Å². The van der Waals surface area contributed by atoms with Crippen molar-refractivity contribution in [1.29, 1.82) is 0 Å². The van der Waals surface area contributed by atoms with E-state index in [0.29, 0.717) is 10.9 Å². The van der Waals surface area contributed by atoms with Crippen LogP contribution in [0, 0.1) is 6.92 Å². The van der Waals surface area contributed by atoms with Crippen molar-refractivity contribution in [3.05, 3.63) is 29.3 Å². The normalized spacial score (nSPS) is 11.0. The molecule has 7 heteroatoms. The predicted octanol–water partition coefficient (Wildman–Crippen LogP) is -2.04. The van der Waals surface area contributed by atoms with Crippen molar-refractivity contribution in [2.24, 2.45) is 0 Å². The van der Waals surface area contributed by atoms with Crippen molar-refractivity contribution < 1.29 is 48.1 Å². The van der Waals surface area contributed by atoms with Crippen molar-refractivity contribution in [1.82, 2.24) is 0 Å². The maximum Gasteiger partial charge on any atom is 1.00 e. The fourth-order valence-electron chi connectivity index (χ4n) is 1.31. The maximum atomic E-state index is 11.7. The minimum Gasteiger partial charge on any atom is -0.723 e.